The van der Waals surface area contributed by atoms with Crippen LogP contribution in [0.1, 0.15) is 24.1 Å². The highest BCUT2D eigenvalue weighted by atomic mass is 35.5. The first-order chi connectivity index (χ1) is 10.0. The second-order valence-electron chi connectivity index (χ2n) is 4.69. The summed E-state index contributed by atoms with van der Waals surface area (Å²) >= 11 is 12.1. The molecule has 0 saturated heterocycles. The third-order valence-corrected chi connectivity index (χ3v) is 4.00. The summed E-state index contributed by atoms with van der Waals surface area (Å²) in [5.74, 6) is -0.838. The van der Waals surface area contributed by atoms with Crippen molar-refractivity contribution in [1.29, 1.82) is 0 Å². The SMILES string of the molecule is CCNC(Cc1ccc(F)cc1Cl)c1cccc(F)c1Cl. The van der Waals surface area contributed by atoms with Gasteiger partial charge in [-0.05, 0) is 42.3 Å². The predicted molar refractivity (Wildman–Crippen MR) is 82.9 cm³/mol. The fourth-order valence-corrected chi connectivity index (χ4v) is 2.74. The average Bonchev–Trinajstić information content (AvgIpc) is 2.44. The molecule has 0 aliphatic heterocycles. The molecule has 0 fully saturated rings. The maximum atomic E-state index is 13.6. The van der Waals surface area contributed by atoms with Gasteiger partial charge in [0.25, 0.3) is 0 Å². The Labute approximate surface area is 132 Å². The Morgan fingerprint density at radius 2 is 1.90 bits per heavy atom. The lowest BCUT2D eigenvalue weighted by Gasteiger charge is -2.20. The molecule has 0 aliphatic rings. The molecule has 0 radical (unpaired) electrons. The van der Waals surface area contributed by atoms with Gasteiger partial charge in [-0.25, -0.2) is 8.78 Å². The van der Waals surface area contributed by atoms with Crippen molar-refractivity contribution in [3.8, 4) is 0 Å². The first kappa shape index (κ1) is 16.2. The predicted octanol–water partition coefficient (Wildman–Crippen LogP) is 5.16. The molecular weight excluding hydrogens is 315 g/mol. The summed E-state index contributed by atoms with van der Waals surface area (Å²) < 4.78 is 26.7. The largest absolute Gasteiger partial charge is 0.310 e. The molecule has 0 saturated carbocycles. The molecule has 1 N–H and O–H groups in total. The van der Waals surface area contributed by atoms with Crippen LogP contribution < -0.4 is 5.32 Å². The molecule has 1 atom stereocenters. The van der Waals surface area contributed by atoms with Crippen LogP contribution in [-0.4, -0.2) is 6.54 Å². The molecule has 1 unspecified atom stereocenters. The quantitative estimate of drug-likeness (QED) is 0.798. The molecule has 0 aliphatic carbocycles. The first-order valence-corrected chi connectivity index (χ1v) is 7.39. The minimum atomic E-state index is -0.456. The highest BCUT2D eigenvalue weighted by molar-refractivity contribution is 6.32. The molecular formula is C16H15Cl2F2N. The van der Waals surface area contributed by atoms with Crippen molar-refractivity contribution >= 4 is 23.2 Å². The van der Waals surface area contributed by atoms with Crippen LogP contribution in [0.5, 0.6) is 0 Å². The van der Waals surface area contributed by atoms with E-state index in [1.165, 1.54) is 18.2 Å². The molecule has 5 heteroatoms. The van der Waals surface area contributed by atoms with E-state index < -0.39 is 5.82 Å². The summed E-state index contributed by atoms with van der Waals surface area (Å²) in [4.78, 5) is 0. The fraction of sp³-hybridized carbons (Fsp3) is 0.250. The molecule has 0 bridgehead atoms. The number of hydrogen-bond acceptors (Lipinski definition) is 1. The second-order valence-corrected chi connectivity index (χ2v) is 5.48. The summed E-state index contributed by atoms with van der Waals surface area (Å²) in [7, 11) is 0. The van der Waals surface area contributed by atoms with Gasteiger partial charge < -0.3 is 5.32 Å². The van der Waals surface area contributed by atoms with Gasteiger partial charge in [-0.3, -0.25) is 0 Å². The number of likely N-dealkylation sites (N-methyl/N-ethyl adjacent to an activating group) is 1. The molecule has 0 heterocycles. The normalized spacial score (nSPS) is 12.4. The summed E-state index contributed by atoms with van der Waals surface area (Å²) in [6, 6.07) is 8.78. The maximum Gasteiger partial charge on any atom is 0.142 e. The monoisotopic (exact) mass is 329 g/mol. The number of halogens is 4. The number of benzene rings is 2. The van der Waals surface area contributed by atoms with E-state index in [2.05, 4.69) is 5.32 Å². The molecule has 21 heavy (non-hydrogen) atoms. The lowest BCUT2D eigenvalue weighted by atomic mass is 9.98. The molecule has 0 spiro atoms. The zero-order valence-electron chi connectivity index (χ0n) is 11.5. The number of hydrogen-bond donors (Lipinski definition) is 1. The van der Waals surface area contributed by atoms with Crippen molar-refractivity contribution < 1.29 is 8.78 Å². The van der Waals surface area contributed by atoms with E-state index in [1.807, 2.05) is 6.92 Å². The van der Waals surface area contributed by atoms with Crippen molar-refractivity contribution in [3.05, 3.63) is 69.2 Å². The van der Waals surface area contributed by atoms with Gasteiger partial charge in [0.05, 0.1) is 5.02 Å². The smallest absolute Gasteiger partial charge is 0.142 e. The van der Waals surface area contributed by atoms with Crippen LogP contribution in [0.3, 0.4) is 0 Å². The van der Waals surface area contributed by atoms with E-state index in [1.54, 1.807) is 18.2 Å². The first-order valence-electron chi connectivity index (χ1n) is 6.64. The number of nitrogens with one attached hydrogen (secondary N) is 1. The lowest BCUT2D eigenvalue weighted by Crippen LogP contribution is -2.23. The van der Waals surface area contributed by atoms with Crippen molar-refractivity contribution in [2.75, 3.05) is 6.54 Å². The topological polar surface area (TPSA) is 12.0 Å². The van der Waals surface area contributed by atoms with Gasteiger partial charge in [-0.2, -0.15) is 0 Å². The van der Waals surface area contributed by atoms with Crippen LogP contribution in [0.4, 0.5) is 8.78 Å². The van der Waals surface area contributed by atoms with E-state index >= 15 is 0 Å². The summed E-state index contributed by atoms with van der Waals surface area (Å²) in [5, 5.41) is 3.70. The summed E-state index contributed by atoms with van der Waals surface area (Å²) in [6.07, 6.45) is 0.496. The molecule has 0 aromatic heterocycles. The van der Waals surface area contributed by atoms with Gasteiger partial charge in [-0.15, -0.1) is 0 Å². The van der Waals surface area contributed by atoms with Crippen LogP contribution in [0.15, 0.2) is 36.4 Å². The third-order valence-electron chi connectivity index (χ3n) is 3.25. The Balaban J connectivity index is 2.33. The molecule has 2 aromatic carbocycles. The van der Waals surface area contributed by atoms with Crippen LogP contribution >= 0.6 is 23.2 Å². The zero-order chi connectivity index (χ0) is 15.4. The van der Waals surface area contributed by atoms with E-state index in [9.17, 15) is 8.78 Å². The maximum absolute atomic E-state index is 13.6. The highest BCUT2D eigenvalue weighted by Crippen LogP contribution is 2.30. The van der Waals surface area contributed by atoms with Crippen LogP contribution in [0.25, 0.3) is 0 Å². The summed E-state index contributed by atoms with van der Waals surface area (Å²) in [6.45, 7) is 2.64. The van der Waals surface area contributed by atoms with Crippen molar-refractivity contribution in [3.63, 3.8) is 0 Å². The van der Waals surface area contributed by atoms with E-state index in [4.69, 9.17) is 23.2 Å². The standard InChI is InChI=1S/C16H15Cl2F2N/c1-2-21-15(12-4-3-5-14(20)16(12)18)8-10-6-7-11(19)9-13(10)17/h3-7,9,15,21H,2,8H2,1H3. The van der Waals surface area contributed by atoms with Gasteiger partial charge in [0.1, 0.15) is 11.6 Å². The van der Waals surface area contributed by atoms with Crippen molar-refractivity contribution in [2.24, 2.45) is 0 Å². The Hall–Kier alpha value is -1.16. The average molecular weight is 330 g/mol. The van der Waals surface area contributed by atoms with Gasteiger partial charge in [0.15, 0.2) is 0 Å². The summed E-state index contributed by atoms with van der Waals surface area (Å²) in [5.41, 5.74) is 1.45. The van der Waals surface area contributed by atoms with E-state index in [-0.39, 0.29) is 16.9 Å². The third kappa shape index (κ3) is 3.94. The Morgan fingerprint density at radius 1 is 1.14 bits per heavy atom. The van der Waals surface area contributed by atoms with Gasteiger partial charge in [-0.1, -0.05) is 48.3 Å². The minimum Gasteiger partial charge on any atom is -0.310 e. The van der Waals surface area contributed by atoms with Gasteiger partial charge in [0, 0.05) is 11.1 Å². The van der Waals surface area contributed by atoms with Gasteiger partial charge >= 0.3 is 0 Å². The number of rotatable bonds is 5. The molecule has 0 amide bonds. The Bertz CT molecular complexity index is 632. The molecule has 1 nitrogen and oxygen atoms in total. The Morgan fingerprint density at radius 3 is 2.57 bits per heavy atom. The minimum absolute atomic E-state index is 0.0988. The van der Waals surface area contributed by atoms with Crippen LogP contribution in [0, 0.1) is 11.6 Å². The molecule has 112 valence electrons. The van der Waals surface area contributed by atoms with E-state index in [0.29, 0.717) is 23.6 Å². The second kappa shape index (κ2) is 7.21. The zero-order valence-corrected chi connectivity index (χ0v) is 13.0. The molecule has 2 aromatic rings. The Kier molecular flexibility index (Phi) is 5.57. The highest BCUT2D eigenvalue weighted by Gasteiger charge is 2.18. The van der Waals surface area contributed by atoms with Crippen LogP contribution in [0.2, 0.25) is 10.0 Å². The van der Waals surface area contributed by atoms with E-state index in [0.717, 1.165) is 5.56 Å². The lowest BCUT2D eigenvalue weighted by molar-refractivity contribution is 0.542. The molecule has 2 rings (SSSR count). The van der Waals surface area contributed by atoms with Crippen molar-refractivity contribution in [1.82, 2.24) is 5.32 Å². The van der Waals surface area contributed by atoms with Crippen LogP contribution in [-0.2, 0) is 6.42 Å². The fourth-order valence-electron chi connectivity index (χ4n) is 2.24. The van der Waals surface area contributed by atoms with Crippen molar-refractivity contribution in [2.45, 2.75) is 19.4 Å². The van der Waals surface area contributed by atoms with Gasteiger partial charge in [0.2, 0.25) is 0 Å².